The molecule has 3 rings (SSSR count). The molecule has 2 aromatic rings. The van der Waals surface area contributed by atoms with Gasteiger partial charge in [0.05, 0.1) is 29.9 Å². The van der Waals surface area contributed by atoms with Gasteiger partial charge in [-0.2, -0.15) is 5.10 Å². The van der Waals surface area contributed by atoms with Gasteiger partial charge in [0.2, 0.25) is 0 Å². The Morgan fingerprint density at radius 2 is 2.17 bits per heavy atom. The zero-order chi connectivity index (χ0) is 17.3. The van der Waals surface area contributed by atoms with Crippen molar-refractivity contribution in [2.24, 2.45) is 0 Å². The van der Waals surface area contributed by atoms with E-state index in [2.05, 4.69) is 10.1 Å². The van der Waals surface area contributed by atoms with E-state index < -0.39 is 27.6 Å². The molecule has 0 spiro atoms. The molecular formula is C15H17FN4O3S. The Morgan fingerprint density at radius 3 is 2.79 bits per heavy atom. The van der Waals surface area contributed by atoms with E-state index in [1.165, 1.54) is 11.0 Å². The topological polar surface area (TPSA) is 85.2 Å². The van der Waals surface area contributed by atoms with Crippen LogP contribution >= 0.6 is 0 Å². The Bertz CT molecular complexity index is 848. The highest BCUT2D eigenvalue weighted by Gasteiger charge is 2.36. The van der Waals surface area contributed by atoms with Gasteiger partial charge >= 0.3 is 0 Å². The van der Waals surface area contributed by atoms with Crippen LogP contribution in [0.15, 0.2) is 30.7 Å². The summed E-state index contributed by atoms with van der Waals surface area (Å²) in [7, 11) is -3.24. The number of aromatic nitrogens is 3. The Balaban J connectivity index is 1.94. The summed E-state index contributed by atoms with van der Waals surface area (Å²) in [6, 6.07) is 1.83. The Hall–Kier alpha value is -2.29. The van der Waals surface area contributed by atoms with E-state index in [0.717, 1.165) is 12.3 Å². The number of carbonyl (C=O) groups is 1. The highest BCUT2D eigenvalue weighted by Crippen LogP contribution is 2.28. The second-order valence-corrected chi connectivity index (χ2v) is 7.85. The lowest BCUT2D eigenvalue weighted by molar-refractivity contribution is 0.0691. The van der Waals surface area contributed by atoms with Gasteiger partial charge in [-0.15, -0.1) is 0 Å². The predicted octanol–water partition coefficient (Wildman–Crippen LogP) is 1.05. The fraction of sp³-hybridized carbons (Fsp3) is 0.400. The molecular weight excluding hydrogens is 335 g/mol. The molecule has 1 amide bonds. The summed E-state index contributed by atoms with van der Waals surface area (Å²) in [5.41, 5.74) is 0.749. The molecule has 7 nitrogen and oxygen atoms in total. The van der Waals surface area contributed by atoms with Gasteiger partial charge in [0, 0.05) is 24.8 Å². The second-order valence-electron chi connectivity index (χ2n) is 5.62. The smallest absolute Gasteiger partial charge is 0.273 e. The standard InChI is InChI=1S/C15H17FN4O3S/c1-2-19-9-11(7-18-19)14-10-24(22,23)6-5-20(14)15(21)13-4-3-12(16)8-17-13/h3-4,7-9,14H,2,5-6,10H2,1H3. The van der Waals surface area contributed by atoms with Crippen LogP contribution in [0.4, 0.5) is 4.39 Å². The minimum Gasteiger partial charge on any atom is -0.328 e. The fourth-order valence-electron chi connectivity index (χ4n) is 2.70. The van der Waals surface area contributed by atoms with Crippen molar-refractivity contribution in [3.05, 3.63) is 47.8 Å². The molecule has 1 aliphatic rings. The largest absolute Gasteiger partial charge is 0.328 e. The quantitative estimate of drug-likeness (QED) is 0.824. The van der Waals surface area contributed by atoms with Crippen molar-refractivity contribution in [2.75, 3.05) is 18.1 Å². The van der Waals surface area contributed by atoms with Gasteiger partial charge in [0.15, 0.2) is 9.84 Å². The van der Waals surface area contributed by atoms with Crippen molar-refractivity contribution in [2.45, 2.75) is 19.5 Å². The monoisotopic (exact) mass is 352 g/mol. The van der Waals surface area contributed by atoms with Gasteiger partial charge in [-0.25, -0.2) is 17.8 Å². The summed E-state index contributed by atoms with van der Waals surface area (Å²) in [5.74, 6) is -1.21. The number of hydrogen-bond donors (Lipinski definition) is 0. The third kappa shape index (κ3) is 3.30. The number of carbonyl (C=O) groups excluding carboxylic acids is 1. The van der Waals surface area contributed by atoms with E-state index in [9.17, 15) is 17.6 Å². The molecule has 0 bridgehead atoms. The summed E-state index contributed by atoms with van der Waals surface area (Å²) in [5, 5.41) is 4.15. The first-order valence-electron chi connectivity index (χ1n) is 7.55. The number of pyridine rings is 1. The lowest BCUT2D eigenvalue weighted by Crippen LogP contribution is -2.46. The normalized spacial score (nSPS) is 20.1. The molecule has 0 aromatic carbocycles. The first kappa shape index (κ1) is 16.6. The Labute approximate surface area is 139 Å². The first-order chi connectivity index (χ1) is 11.4. The molecule has 1 fully saturated rings. The van der Waals surface area contributed by atoms with Crippen LogP contribution in [-0.2, 0) is 16.4 Å². The molecule has 0 N–H and O–H groups in total. The van der Waals surface area contributed by atoms with Crippen molar-refractivity contribution < 1.29 is 17.6 Å². The van der Waals surface area contributed by atoms with Gasteiger partial charge in [-0.05, 0) is 19.1 Å². The average Bonchev–Trinajstić information content (AvgIpc) is 3.03. The van der Waals surface area contributed by atoms with Crippen LogP contribution in [-0.4, -0.2) is 52.0 Å². The summed E-state index contributed by atoms with van der Waals surface area (Å²) < 4.78 is 38.7. The Morgan fingerprint density at radius 1 is 1.38 bits per heavy atom. The molecule has 2 aromatic heterocycles. The van der Waals surface area contributed by atoms with Crippen LogP contribution in [0.2, 0.25) is 0 Å². The third-order valence-corrected chi connectivity index (χ3v) is 5.63. The van der Waals surface area contributed by atoms with Crippen LogP contribution in [0.1, 0.15) is 29.0 Å². The minimum atomic E-state index is -3.24. The fourth-order valence-corrected chi connectivity index (χ4v) is 4.20. The summed E-state index contributed by atoms with van der Waals surface area (Å²) >= 11 is 0. The van der Waals surface area contributed by atoms with Crippen LogP contribution in [0.5, 0.6) is 0 Å². The molecule has 0 radical (unpaired) electrons. The van der Waals surface area contributed by atoms with Crippen molar-refractivity contribution in [1.29, 1.82) is 0 Å². The third-order valence-electron chi connectivity index (χ3n) is 4.00. The lowest BCUT2D eigenvalue weighted by atomic mass is 10.1. The van der Waals surface area contributed by atoms with Crippen LogP contribution in [0, 0.1) is 5.82 Å². The van der Waals surface area contributed by atoms with Gasteiger partial charge in [0.1, 0.15) is 11.5 Å². The van der Waals surface area contributed by atoms with Gasteiger partial charge < -0.3 is 4.90 Å². The van der Waals surface area contributed by atoms with E-state index in [1.54, 1.807) is 17.1 Å². The molecule has 1 atom stereocenters. The van der Waals surface area contributed by atoms with Gasteiger partial charge in [0.25, 0.3) is 5.91 Å². The molecule has 9 heteroatoms. The molecule has 0 saturated carbocycles. The van der Waals surface area contributed by atoms with Crippen molar-refractivity contribution in [3.63, 3.8) is 0 Å². The maximum absolute atomic E-state index is 13.0. The number of amides is 1. The zero-order valence-electron chi connectivity index (χ0n) is 13.1. The second kappa shape index (κ2) is 6.31. The van der Waals surface area contributed by atoms with Crippen molar-refractivity contribution >= 4 is 15.7 Å². The zero-order valence-corrected chi connectivity index (χ0v) is 13.9. The molecule has 24 heavy (non-hydrogen) atoms. The van der Waals surface area contributed by atoms with Crippen molar-refractivity contribution in [3.8, 4) is 0 Å². The van der Waals surface area contributed by atoms with Gasteiger partial charge in [-0.1, -0.05) is 0 Å². The highest BCUT2D eigenvalue weighted by atomic mass is 32.2. The number of halogens is 1. The van der Waals surface area contributed by atoms with E-state index >= 15 is 0 Å². The number of rotatable bonds is 3. The van der Waals surface area contributed by atoms with E-state index in [0.29, 0.717) is 12.1 Å². The molecule has 3 heterocycles. The number of sulfone groups is 1. The molecule has 1 unspecified atom stereocenters. The summed E-state index contributed by atoms with van der Waals surface area (Å²) in [6.07, 6.45) is 4.29. The molecule has 1 saturated heterocycles. The van der Waals surface area contributed by atoms with Gasteiger partial charge in [-0.3, -0.25) is 9.48 Å². The van der Waals surface area contributed by atoms with Crippen molar-refractivity contribution in [1.82, 2.24) is 19.7 Å². The molecule has 128 valence electrons. The van der Waals surface area contributed by atoms with E-state index in [1.807, 2.05) is 6.92 Å². The van der Waals surface area contributed by atoms with E-state index in [4.69, 9.17) is 0 Å². The van der Waals surface area contributed by atoms with E-state index in [-0.39, 0.29) is 23.7 Å². The molecule has 0 aliphatic carbocycles. The van der Waals surface area contributed by atoms with Crippen LogP contribution < -0.4 is 0 Å². The summed E-state index contributed by atoms with van der Waals surface area (Å²) in [6.45, 7) is 2.63. The maximum Gasteiger partial charge on any atom is 0.273 e. The highest BCUT2D eigenvalue weighted by molar-refractivity contribution is 7.91. The Kier molecular flexibility index (Phi) is 4.35. The van der Waals surface area contributed by atoms with Crippen LogP contribution in [0.3, 0.4) is 0 Å². The number of aryl methyl sites for hydroxylation is 1. The van der Waals surface area contributed by atoms with Crippen LogP contribution in [0.25, 0.3) is 0 Å². The first-order valence-corrected chi connectivity index (χ1v) is 9.37. The number of nitrogens with zero attached hydrogens (tertiary/aromatic N) is 4. The maximum atomic E-state index is 13.0. The SMILES string of the molecule is CCn1cc(C2CS(=O)(=O)CCN2C(=O)c2ccc(F)cn2)cn1. The number of hydrogen-bond acceptors (Lipinski definition) is 5. The predicted molar refractivity (Wildman–Crippen MR) is 84.5 cm³/mol. The average molecular weight is 352 g/mol. The molecule has 1 aliphatic heterocycles. The summed E-state index contributed by atoms with van der Waals surface area (Å²) in [4.78, 5) is 18.0. The minimum absolute atomic E-state index is 0.0716. The lowest BCUT2D eigenvalue weighted by Gasteiger charge is -2.34.